The van der Waals surface area contributed by atoms with Crippen LogP contribution in [0.2, 0.25) is 10.0 Å². The van der Waals surface area contributed by atoms with Gasteiger partial charge in [-0.25, -0.2) is 4.39 Å². The summed E-state index contributed by atoms with van der Waals surface area (Å²) in [5.74, 6) is -6.32. The number of rotatable bonds is 5. The Morgan fingerprint density at radius 3 is 2.20 bits per heavy atom. The second kappa shape index (κ2) is 9.90. The number of allylic oxidation sites excluding steroid dienone is 1. The maximum atomic E-state index is 13.6. The van der Waals surface area contributed by atoms with Gasteiger partial charge < -0.3 is 5.32 Å². The van der Waals surface area contributed by atoms with Gasteiger partial charge in [0.15, 0.2) is 5.82 Å². The molecule has 1 N–H and O–H groups in total. The Kier molecular flexibility index (Phi) is 7.51. The van der Waals surface area contributed by atoms with Gasteiger partial charge in [-0.05, 0) is 41.5 Å². The van der Waals surface area contributed by atoms with Crippen LogP contribution in [-0.2, 0) is 4.79 Å². The molecule has 1 heterocycles. The molecule has 1 aromatic heterocycles. The van der Waals surface area contributed by atoms with Crippen LogP contribution in [0.1, 0.15) is 21.8 Å². The summed E-state index contributed by atoms with van der Waals surface area (Å²) >= 11 is 11.3. The highest BCUT2D eigenvalue weighted by molar-refractivity contribution is 6.35. The van der Waals surface area contributed by atoms with Crippen molar-refractivity contribution in [2.24, 2.45) is 0 Å². The average molecular weight is 541 g/mol. The fraction of sp³-hybridized carbons (Fsp3) is 0.182. The molecule has 0 aliphatic carbocycles. The first kappa shape index (κ1) is 26.6. The molecular weight excluding hydrogens is 528 g/mol. The SMILES string of the molecule is O=C(CNC(=O)C(F)(F)F)n1ccc2cc(/C=C/C(c3cc(Cl)c(F)c(Cl)c3)C(F)(F)F)ccc21. The molecule has 2 aromatic carbocycles. The summed E-state index contributed by atoms with van der Waals surface area (Å²) < 4.78 is 92.4. The number of hydrogen-bond donors (Lipinski definition) is 1. The third-order valence-electron chi connectivity index (χ3n) is 4.84. The third-order valence-corrected chi connectivity index (χ3v) is 5.39. The average Bonchev–Trinajstić information content (AvgIpc) is 3.17. The van der Waals surface area contributed by atoms with Gasteiger partial charge in [-0.15, -0.1) is 0 Å². The van der Waals surface area contributed by atoms with E-state index in [4.69, 9.17) is 23.2 Å². The van der Waals surface area contributed by atoms with E-state index in [1.807, 2.05) is 0 Å². The van der Waals surface area contributed by atoms with Crippen LogP contribution in [0.3, 0.4) is 0 Å². The van der Waals surface area contributed by atoms with Crippen molar-refractivity contribution in [2.75, 3.05) is 6.54 Å². The molecule has 3 aromatic rings. The van der Waals surface area contributed by atoms with E-state index in [0.29, 0.717) is 10.9 Å². The molecular formula is C22H13Cl2F7N2O2. The number of nitrogens with zero attached hydrogens (tertiary/aromatic N) is 1. The first-order valence-electron chi connectivity index (χ1n) is 9.57. The molecule has 186 valence electrons. The number of carbonyl (C=O) groups is 2. The van der Waals surface area contributed by atoms with Crippen LogP contribution in [0.4, 0.5) is 30.7 Å². The largest absolute Gasteiger partial charge is 0.471 e. The van der Waals surface area contributed by atoms with Crippen molar-refractivity contribution in [3.63, 3.8) is 0 Å². The van der Waals surface area contributed by atoms with Crippen LogP contribution in [0.15, 0.2) is 48.7 Å². The van der Waals surface area contributed by atoms with E-state index in [0.717, 1.165) is 28.9 Å². The van der Waals surface area contributed by atoms with Gasteiger partial charge in [-0.1, -0.05) is 41.4 Å². The summed E-state index contributed by atoms with van der Waals surface area (Å²) in [6, 6.07) is 7.30. The van der Waals surface area contributed by atoms with Crippen molar-refractivity contribution >= 4 is 52.0 Å². The Morgan fingerprint density at radius 2 is 1.63 bits per heavy atom. The van der Waals surface area contributed by atoms with E-state index in [-0.39, 0.29) is 11.1 Å². The minimum absolute atomic E-state index is 0.262. The molecule has 0 aliphatic rings. The van der Waals surface area contributed by atoms with Crippen LogP contribution >= 0.6 is 23.2 Å². The number of amides is 1. The topological polar surface area (TPSA) is 51.1 Å². The second-order valence-corrected chi connectivity index (χ2v) is 8.07. The molecule has 4 nitrogen and oxygen atoms in total. The standard InChI is InChI=1S/C22H13Cl2F7N2O2/c23-15-8-13(9-16(24)19(15)25)14(21(26,27)28)3-1-11-2-4-17-12(7-11)5-6-33(17)18(34)10-32-20(35)22(29,30)31/h1-9,14H,10H2,(H,32,35)/b3-1+. The van der Waals surface area contributed by atoms with E-state index in [1.54, 1.807) is 0 Å². The number of hydrogen-bond acceptors (Lipinski definition) is 2. The Morgan fingerprint density at radius 1 is 1.00 bits per heavy atom. The number of alkyl halides is 6. The fourth-order valence-corrected chi connectivity index (χ4v) is 3.70. The molecule has 3 rings (SSSR count). The van der Waals surface area contributed by atoms with Gasteiger partial charge in [0.1, 0.15) is 0 Å². The summed E-state index contributed by atoms with van der Waals surface area (Å²) in [7, 11) is 0. The van der Waals surface area contributed by atoms with Crippen LogP contribution in [0, 0.1) is 5.82 Å². The summed E-state index contributed by atoms with van der Waals surface area (Å²) in [4.78, 5) is 23.1. The molecule has 0 saturated heterocycles. The van der Waals surface area contributed by atoms with E-state index in [2.05, 4.69) is 0 Å². The molecule has 0 fully saturated rings. The van der Waals surface area contributed by atoms with E-state index < -0.39 is 52.5 Å². The molecule has 1 unspecified atom stereocenters. The third kappa shape index (κ3) is 6.15. The quantitative estimate of drug-likeness (QED) is 0.287. The molecule has 0 bridgehead atoms. The smallest absolute Gasteiger partial charge is 0.339 e. The van der Waals surface area contributed by atoms with E-state index in [1.165, 1.54) is 35.8 Å². The van der Waals surface area contributed by atoms with Gasteiger partial charge in [0.05, 0.1) is 28.0 Å². The van der Waals surface area contributed by atoms with Crippen LogP contribution < -0.4 is 5.32 Å². The number of benzene rings is 2. The summed E-state index contributed by atoms with van der Waals surface area (Å²) in [5.41, 5.74) is 0.198. The van der Waals surface area contributed by atoms with Crippen molar-refractivity contribution < 1.29 is 40.3 Å². The van der Waals surface area contributed by atoms with Crippen molar-refractivity contribution in [1.29, 1.82) is 0 Å². The van der Waals surface area contributed by atoms with Gasteiger partial charge in [0.25, 0.3) is 0 Å². The summed E-state index contributed by atoms with van der Waals surface area (Å²) in [6.07, 6.45) is -6.65. The minimum Gasteiger partial charge on any atom is -0.339 e. The predicted molar refractivity (Wildman–Crippen MR) is 116 cm³/mol. The molecule has 35 heavy (non-hydrogen) atoms. The summed E-state index contributed by atoms with van der Waals surface area (Å²) in [6.45, 7) is -0.917. The molecule has 0 saturated carbocycles. The predicted octanol–water partition coefficient (Wildman–Crippen LogP) is 6.77. The highest BCUT2D eigenvalue weighted by atomic mass is 35.5. The van der Waals surface area contributed by atoms with Gasteiger partial charge in [0, 0.05) is 11.6 Å². The molecule has 1 amide bonds. The van der Waals surface area contributed by atoms with E-state index >= 15 is 0 Å². The zero-order valence-electron chi connectivity index (χ0n) is 17.1. The lowest BCUT2D eigenvalue weighted by Gasteiger charge is -2.18. The van der Waals surface area contributed by atoms with Crippen molar-refractivity contribution in [2.45, 2.75) is 18.3 Å². The van der Waals surface area contributed by atoms with Crippen LogP contribution in [0.5, 0.6) is 0 Å². The first-order valence-corrected chi connectivity index (χ1v) is 10.3. The molecule has 13 heteroatoms. The fourth-order valence-electron chi connectivity index (χ4n) is 3.19. The van der Waals surface area contributed by atoms with Crippen LogP contribution in [-0.4, -0.2) is 35.3 Å². The normalized spacial score (nSPS) is 13.4. The number of nitrogens with one attached hydrogen (secondary N) is 1. The number of fused-ring (bicyclic) bond motifs is 1. The van der Waals surface area contributed by atoms with Gasteiger partial charge >= 0.3 is 18.3 Å². The van der Waals surface area contributed by atoms with Crippen LogP contribution in [0.25, 0.3) is 17.0 Å². The Balaban J connectivity index is 1.84. The lowest BCUT2D eigenvalue weighted by Crippen LogP contribution is -2.40. The molecule has 0 aliphatic heterocycles. The lowest BCUT2D eigenvalue weighted by atomic mass is 9.97. The van der Waals surface area contributed by atoms with Crippen molar-refractivity contribution in [3.05, 3.63) is 75.7 Å². The molecule has 0 radical (unpaired) electrons. The Bertz CT molecular complexity index is 1290. The Labute approximate surface area is 202 Å². The van der Waals surface area contributed by atoms with Gasteiger partial charge in [-0.2, -0.15) is 26.3 Å². The second-order valence-electron chi connectivity index (χ2n) is 7.26. The zero-order valence-corrected chi connectivity index (χ0v) is 18.7. The van der Waals surface area contributed by atoms with E-state index in [9.17, 15) is 40.3 Å². The van der Waals surface area contributed by atoms with Crippen molar-refractivity contribution in [1.82, 2.24) is 9.88 Å². The minimum atomic E-state index is -5.14. The zero-order chi connectivity index (χ0) is 26.1. The highest BCUT2D eigenvalue weighted by Gasteiger charge is 2.40. The highest BCUT2D eigenvalue weighted by Crippen LogP contribution is 2.39. The van der Waals surface area contributed by atoms with Gasteiger partial charge in [-0.3, -0.25) is 14.2 Å². The molecule has 0 spiro atoms. The first-order chi connectivity index (χ1) is 16.2. The maximum absolute atomic E-state index is 13.6. The lowest BCUT2D eigenvalue weighted by molar-refractivity contribution is -0.173. The number of carbonyl (C=O) groups excluding carboxylic acids is 2. The van der Waals surface area contributed by atoms with Crippen molar-refractivity contribution in [3.8, 4) is 0 Å². The number of halogens is 9. The Hall–Kier alpha value is -3.05. The van der Waals surface area contributed by atoms with Gasteiger partial charge in [0.2, 0.25) is 5.91 Å². The summed E-state index contributed by atoms with van der Waals surface area (Å²) in [5, 5.41) is 0.746. The number of aromatic nitrogens is 1. The maximum Gasteiger partial charge on any atom is 0.471 e. The monoisotopic (exact) mass is 540 g/mol. The molecule has 1 atom stereocenters.